The number of fused-ring (bicyclic) bond motifs is 1. The molecule has 2 aromatic carbocycles. The first kappa shape index (κ1) is 16.8. The second-order valence-corrected chi connectivity index (χ2v) is 5.94. The number of pyridine rings is 1. The molecule has 0 unspecified atom stereocenters. The van der Waals surface area contributed by atoms with Gasteiger partial charge in [-0.1, -0.05) is 6.07 Å². The first-order valence-corrected chi connectivity index (χ1v) is 8.11. The summed E-state index contributed by atoms with van der Waals surface area (Å²) >= 11 is 0. The van der Waals surface area contributed by atoms with Gasteiger partial charge in [0.05, 0.1) is 7.11 Å². The smallest absolute Gasteiger partial charge is 0.251 e. The SMILES string of the molecule is COc1ccc(C(=O)NCCc2ccc3[nH]c(=O)c(C)cc3c2)cc1. The minimum atomic E-state index is -0.108. The largest absolute Gasteiger partial charge is 0.497 e. The van der Waals surface area contributed by atoms with Crippen LogP contribution < -0.4 is 15.6 Å². The molecule has 1 amide bonds. The van der Waals surface area contributed by atoms with Crippen LogP contribution in [-0.4, -0.2) is 24.5 Å². The molecule has 3 aromatic rings. The Morgan fingerprint density at radius 1 is 1.12 bits per heavy atom. The van der Waals surface area contributed by atoms with Crippen LogP contribution >= 0.6 is 0 Å². The minimum absolute atomic E-state index is 0.0630. The van der Waals surface area contributed by atoms with Crippen molar-refractivity contribution in [3.05, 3.63) is 75.6 Å². The zero-order chi connectivity index (χ0) is 17.8. The van der Waals surface area contributed by atoms with Crippen molar-refractivity contribution in [3.63, 3.8) is 0 Å². The number of hydrogen-bond donors (Lipinski definition) is 2. The number of hydrogen-bond acceptors (Lipinski definition) is 3. The molecular formula is C20H20N2O3. The standard InChI is InChI=1S/C20H20N2O3/c1-13-11-16-12-14(3-8-18(16)22-19(13)23)9-10-21-20(24)15-4-6-17(25-2)7-5-15/h3-8,11-12H,9-10H2,1-2H3,(H,21,24)(H,22,23). The molecule has 5 nitrogen and oxygen atoms in total. The lowest BCUT2D eigenvalue weighted by Crippen LogP contribution is -2.25. The van der Waals surface area contributed by atoms with Crippen molar-refractivity contribution in [3.8, 4) is 5.75 Å². The summed E-state index contributed by atoms with van der Waals surface area (Å²) in [5.41, 5.74) is 3.16. The number of aromatic nitrogens is 1. The summed E-state index contributed by atoms with van der Waals surface area (Å²) in [6, 6.07) is 14.8. The number of rotatable bonds is 5. The van der Waals surface area contributed by atoms with Crippen molar-refractivity contribution in [2.45, 2.75) is 13.3 Å². The Labute approximate surface area is 145 Å². The van der Waals surface area contributed by atoms with E-state index in [-0.39, 0.29) is 11.5 Å². The van der Waals surface area contributed by atoms with E-state index in [0.29, 0.717) is 17.7 Å². The van der Waals surface area contributed by atoms with E-state index in [1.165, 1.54) is 0 Å². The highest BCUT2D eigenvalue weighted by molar-refractivity contribution is 5.94. The lowest BCUT2D eigenvalue weighted by atomic mass is 10.1. The van der Waals surface area contributed by atoms with Crippen LogP contribution in [0.15, 0.2) is 53.3 Å². The second kappa shape index (κ2) is 7.21. The minimum Gasteiger partial charge on any atom is -0.497 e. The number of H-pyrrole nitrogens is 1. The number of aryl methyl sites for hydroxylation is 1. The van der Waals surface area contributed by atoms with E-state index in [4.69, 9.17) is 4.74 Å². The van der Waals surface area contributed by atoms with Crippen molar-refractivity contribution in [2.75, 3.05) is 13.7 Å². The van der Waals surface area contributed by atoms with Gasteiger partial charge >= 0.3 is 0 Å². The van der Waals surface area contributed by atoms with E-state index in [1.807, 2.05) is 24.3 Å². The number of methoxy groups -OCH3 is 1. The molecule has 3 rings (SSSR count). The molecule has 2 N–H and O–H groups in total. The summed E-state index contributed by atoms with van der Waals surface area (Å²) in [7, 11) is 1.59. The van der Waals surface area contributed by atoms with Gasteiger partial charge in [0, 0.05) is 23.2 Å². The normalized spacial score (nSPS) is 10.6. The first-order chi connectivity index (χ1) is 12.1. The summed E-state index contributed by atoms with van der Waals surface area (Å²) in [4.78, 5) is 26.6. The van der Waals surface area contributed by atoms with Crippen molar-refractivity contribution < 1.29 is 9.53 Å². The van der Waals surface area contributed by atoms with Crippen molar-refractivity contribution in [2.24, 2.45) is 0 Å². The van der Waals surface area contributed by atoms with Crippen molar-refractivity contribution in [1.29, 1.82) is 0 Å². The number of amides is 1. The highest BCUT2D eigenvalue weighted by Gasteiger charge is 2.06. The monoisotopic (exact) mass is 336 g/mol. The van der Waals surface area contributed by atoms with E-state index < -0.39 is 0 Å². The average Bonchev–Trinajstić information content (AvgIpc) is 2.63. The molecule has 1 aromatic heterocycles. The molecule has 0 spiro atoms. The molecular weight excluding hydrogens is 316 g/mol. The van der Waals surface area contributed by atoms with Gasteiger partial charge in [-0.2, -0.15) is 0 Å². The van der Waals surface area contributed by atoms with Crippen LogP contribution in [-0.2, 0) is 6.42 Å². The molecule has 128 valence electrons. The van der Waals surface area contributed by atoms with E-state index in [0.717, 1.165) is 28.6 Å². The number of aromatic amines is 1. The molecule has 25 heavy (non-hydrogen) atoms. The lowest BCUT2D eigenvalue weighted by molar-refractivity contribution is 0.0954. The van der Waals surface area contributed by atoms with Crippen LogP contribution in [0.4, 0.5) is 0 Å². The maximum absolute atomic E-state index is 12.1. The molecule has 0 bridgehead atoms. The van der Waals surface area contributed by atoms with Gasteiger partial charge in [-0.15, -0.1) is 0 Å². The Bertz CT molecular complexity index is 959. The van der Waals surface area contributed by atoms with E-state index in [9.17, 15) is 9.59 Å². The molecule has 5 heteroatoms. The Kier molecular flexibility index (Phi) is 4.84. The maximum Gasteiger partial charge on any atom is 0.251 e. The Hall–Kier alpha value is -3.08. The summed E-state index contributed by atoms with van der Waals surface area (Å²) in [6.07, 6.45) is 0.718. The number of nitrogens with one attached hydrogen (secondary N) is 2. The van der Waals surface area contributed by atoms with Gasteiger partial charge in [-0.25, -0.2) is 0 Å². The third-order valence-electron chi connectivity index (χ3n) is 4.15. The predicted molar refractivity (Wildman–Crippen MR) is 98.3 cm³/mol. The van der Waals surface area contributed by atoms with Crippen molar-refractivity contribution >= 4 is 16.8 Å². The van der Waals surface area contributed by atoms with Gasteiger partial charge in [0.2, 0.25) is 0 Å². The zero-order valence-corrected chi connectivity index (χ0v) is 14.3. The van der Waals surface area contributed by atoms with E-state index >= 15 is 0 Å². The van der Waals surface area contributed by atoms with Crippen LogP contribution in [0.25, 0.3) is 10.9 Å². The predicted octanol–water partition coefficient (Wildman–Crippen LogP) is 2.82. The number of ether oxygens (including phenoxy) is 1. The number of carbonyl (C=O) groups excluding carboxylic acids is 1. The van der Waals surface area contributed by atoms with Crippen LogP contribution in [0, 0.1) is 6.92 Å². The van der Waals surface area contributed by atoms with Gasteiger partial charge in [0.1, 0.15) is 5.75 Å². The topological polar surface area (TPSA) is 71.2 Å². The molecule has 0 aliphatic heterocycles. The van der Waals surface area contributed by atoms with E-state index in [1.54, 1.807) is 38.3 Å². The van der Waals surface area contributed by atoms with Crippen molar-refractivity contribution in [1.82, 2.24) is 10.3 Å². The fourth-order valence-corrected chi connectivity index (χ4v) is 2.69. The fraction of sp³-hybridized carbons (Fsp3) is 0.200. The summed E-state index contributed by atoms with van der Waals surface area (Å²) < 4.78 is 5.08. The lowest BCUT2D eigenvalue weighted by Gasteiger charge is -2.07. The third kappa shape index (κ3) is 3.88. The Balaban J connectivity index is 1.63. The van der Waals surface area contributed by atoms with E-state index in [2.05, 4.69) is 10.3 Å². The van der Waals surface area contributed by atoms with Gasteiger partial charge in [0.25, 0.3) is 11.5 Å². The van der Waals surface area contributed by atoms with Crippen LogP contribution in [0.1, 0.15) is 21.5 Å². The summed E-state index contributed by atoms with van der Waals surface area (Å²) in [5.74, 6) is 0.615. The summed E-state index contributed by atoms with van der Waals surface area (Å²) in [6.45, 7) is 2.33. The van der Waals surface area contributed by atoms with Crippen LogP contribution in [0.2, 0.25) is 0 Å². The van der Waals surface area contributed by atoms with Crippen LogP contribution in [0.5, 0.6) is 5.75 Å². The first-order valence-electron chi connectivity index (χ1n) is 8.11. The molecule has 0 radical (unpaired) electrons. The van der Waals surface area contributed by atoms with Gasteiger partial charge in [-0.05, 0) is 66.8 Å². The molecule has 0 atom stereocenters. The number of carbonyl (C=O) groups is 1. The molecule has 0 aliphatic carbocycles. The Morgan fingerprint density at radius 3 is 2.60 bits per heavy atom. The fourth-order valence-electron chi connectivity index (χ4n) is 2.69. The molecule has 0 fully saturated rings. The van der Waals surface area contributed by atoms with Crippen LogP contribution in [0.3, 0.4) is 0 Å². The van der Waals surface area contributed by atoms with Gasteiger partial charge in [0.15, 0.2) is 0 Å². The molecule has 0 saturated heterocycles. The highest BCUT2D eigenvalue weighted by atomic mass is 16.5. The van der Waals surface area contributed by atoms with Gasteiger partial charge in [-0.3, -0.25) is 9.59 Å². The average molecular weight is 336 g/mol. The third-order valence-corrected chi connectivity index (χ3v) is 4.15. The molecule has 0 aliphatic rings. The number of benzene rings is 2. The second-order valence-electron chi connectivity index (χ2n) is 5.94. The molecule has 1 heterocycles. The summed E-state index contributed by atoms with van der Waals surface area (Å²) in [5, 5.41) is 3.91. The highest BCUT2D eigenvalue weighted by Crippen LogP contribution is 2.14. The Morgan fingerprint density at radius 2 is 1.88 bits per heavy atom. The molecule has 0 saturated carbocycles. The van der Waals surface area contributed by atoms with Gasteiger partial charge < -0.3 is 15.0 Å². The quantitative estimate of drug-likeness (QED) is 0.752. The zero-order valence-electron chi connectivity index (χ0n) is 14.3. The maximum atomic E-state index is 12.1.